The number of aromatic nitrogens is 1. The minimum Gasteiger partial charge on any atom is -0.392 e. The molecule has 2 heterocycles. The third-order valence-electron chi connectivity index (χ3n) is 4.94. The molecule has 28 heavy (non-hydrogen) atoms. The number of hydrogen-bond donors (Lipinski definition) is 2. The Labute approximate surface area is 180 Å². The molecule has 3 rings (SSSR count). The Morgan fingerprint density at radius 3 is 2.39 bits per heavy atom. The quantitative estimate of drug-likeness (QED) is 0.647. The highest BCUT2D eigenvalue weighted by Crippen LogP contribution is 2.46. The number of halogens is 2. The molecule has 0 bridgehead atoms. The molecule has 0 fully saturated rings. The van der Waals surface area contributed by atoms with E-state index in [1.807, 2.05) is 30.5 Å². The van der Waals surface area contributed by atoms with Crippen molar-refractivity contribution < 1.29 is 10.2 Å². The van der Waals surface area contributed by atoms with Gasteiger partial charge in [-0.15, -0.1) is 11.8 Å². The molecule has 4 nitrogen and oxygen atoms in total. The average Bonchev–Trinajstić information content (AvgIpc) is 2.94. The minimum atomic E-state index is -0.118. The first kappa shape index (κ1) is 21.5. The maximum absolute atomic E-state index is 10.1. The van der Waals surface area contributed by atoms with Crippen molar-refractivity contribution in [1.29, 1.82) is 0 Å². The molecule has 0 spiro atoms. The molecular formula is C21H24Cl2N2O2S. The van der Waals surface area contributed by atoms with Gasteiger partial charge in [0, 0.05) is 45.5 Å². The molecule has 0 saturated heterocycles. The number of nitrogens with zero attached hydrogens (tertiary/aromatic N) is 2. The van der Waals surface area contributed by atoms with Gasteiger partial charge in [-0.2, -0.15) is 0 Å². The van der Waals surface area contributed by atoms with Crippen LogP contribution in [0, 0.1) is 11.8 Å². The Balaban J connectivity index is 2.00. The predicted molar refractivity (Wildman–Crippen MR) is 115 cm³/mol. The molecule has 1 aliphatic rings. The maximum atomic E-state index is 10.1. The van der Waals surface area contributed by atoms with E-state index in [1.165, 1.54) is 0 Å². The van der Waals surface area contributed by atoms with Gasteiger partial charge in [-0.05, 0) is 41.3 Å². The van der Waals surface area contributed by atoms with Crippen LogP contribution in [0.5, 0.6) is 0 Å². The zero-order valence-corrected chi connectivity index (χ0v) is 18.2. The van der Waals surface area contributed by atoms with Gasteiger partial charge in [0.15, 0.2) is 0 Å². The summed E-state index contributed by atoms with van der Waals surface area (Å²) in [5, 5.41) is 21.4. The summed E-state index contributed by atoms with van der Waals surface area (Å²) in [4.78, 5) is 7.34. The minimum absolute atomic E-state index is 0.000889. The molecule has 150 valence electrons. The Hall–Kier alpha value is -1.24. The molecule has 0 radical (unpaired) electrons. The smallest absolute Gasteiger partial charge is 0.0867 e. The van der Waals surface area contributed by atoms with Gasteiger partial charge >= 0.3 is 0 Å². The van der Waals surface area contributed by atoms with Crippen molar-refractivity contribution in [3.8, 4) is 0 Å². The van der Waals surface area contributed by atoms with Crippen LogP contribution < -0.4 is 0 Å². The third kappa shape index (κ3) is 4.66. The van der Waals surface area contributed by atoms with Crippen LogP contribution in [0.3, 0.4) is 0 Å². The van der Waals surface area contributed by atoms with Crippen LogP contribution in [-0.4, -0.2) is 38.7 Å². The summed E-state index contributed by atoms with van der Waals surface area (Å²) in [6, 6.07) is 9.42. The molecule has 2 aromatic rings. The Morgan fingerprint density at radius 1 is 1.14 bits per heavy atom. The van der Waals surface area contributed by atoms with Gasteiger partial charge in [-0.25, -0.2) is 0 Å². The Bertz CT molecular complexity index is 825. The lowest BCUT2D eigenvalue weighted by molar-refractivity contribution is 0.230. The summed E-state index contributed by atoms with van der Waals surface area (Å²) in [7, 11) is 0. The van der Waals surface area contributed by atoms with Gasteiger partial charge in [0.1, 0.15) is 0 Å². The van der Waals surface area contributed by atoms with Crippen molar-refractivity contribution in [2.45, 2.75) is 30.7 Å². The molecule has 1 aromatic heterocycles. The number of benzene rings is 1. The summed E-state index contributed by atoms with van der Waals surface area (Å²) in [5.74, 6) is 0.376. The summed E-state index contributed by atoms with van der Waals surface area (Å²) >= 11 is 14.1. The normalized spacial score (nSPS) is 19.8. The third-order valence-corrected chi connectivity index (χ3v) is 6.67. The fourth-order valence-electron chi connectivity index (χ4n) is 3.76. The van der Waals surface area contributed by atoms with E-state index in [1.54, 1.807) is 24.0 Å². The molecule has 0 saturated carbocycles. The topological polar surface area (TPSA) is 56.6 Å². The van der Waals surface area contributed by atoms with E-state index >= 15 is 0 Å². The fraction of sp³-hybridized carbons (Fsp3) is 0.381. The summed E-state index contributed by atoms with van der Waals surface area (Å²) in [6.07, 6.45) is 3.57. The van der Waals surface area contributed by atoms with Crippen LogP contribution in [0.25, 0.3) is 0 Å². The highest BCUT2D eigenvalue weighted by molar-refractivity contribution is 8.00. The highest BCUT2D eigenvalue weighted by Gasteiger charge is 2.42. The Kier molecular flexibility index (Phi) is 7.29. The van der Waals surface area contributed by atoms with E-state index in [0.717, 1.165) is 21.7 Å². The molecule has 2 atom stereocenters. The van der Waals surface area contributed by atoms with Gasteiger partial charge in [0.05, 0.1) is 18.6 Å². The average molecular weight is 439 g/mol. The first-order valence-electron chi connectivity index (χ1n) is 9.16. The number of aliphatic hydroxyl groups excluding tert-OH is 2. The van der Waals surface area contributed by atoms with Crippen LogP contribution in [0.15, 0.2) is 58.9 Å². The van der Waals surface area contributed by atoms with Crippen molar-refractivity contribution in [3.63, 3.8) is 0 Å². The highest BCUT2D eigenvalue weighted by atomic mass is 35.5. The summed E-state index contributed by atoms with van der Waals surface area (Å²) < 4.78 is 0. The predicted octanol–water partition coefficient (Wildman–Crippen LogP) is 4.83. The van der Waals surface area contributed by atoms with Crippen LogP contribution in [-0.2, 0) is 6.54 Å². The molecule has 7 heteroatoms. The first-order chi connectivity index (χ1) is 13.4. The van der Waals surface area contributed by atoms with Gasteiger partial charge in [-0.3, -0.25) is 4.98 Å². The number of thioether (sulfide) groups is 1. The van der Waals surface area contributed by atoms with Crippen molar-refractivity contribution in [3.05, 3.63) is 69.6 Å². The standard InChI is InChI=1S/C21H24Cl2N2O2S/c1-13(2)20-18(11-26)19(12-27)25(10-14-4-3-5-24-9-14)21(20)28-17-7-15(22)6-16(23)8-17/h3-9,13,20-21,26-27H,10-12H2,1-2H3. The van der Waals surface area contributed by atoms with Crippen molar-refractivity contribution in [1.82, 2.24) is 9.88 Å². The van der Waals surface area contributed by atoms with Crippen molar-refractivity contribution in [2.75, 3.05) is 13.2 Å². The molecule has 0 aliphatic carbocycles. The maximum Gasteiger partial charge on any atom is 0.0867 e. The largest absolute Gasteiger partial charge is 0.392 e. The van der Waals surface area contributed by atoms with Crippen LogP contribution >= 0.6 is 35.0 Å². The van der Waals surface area contributed by atoms with Gasteiger partial charge < -0.3 is 15.1 Å². The summed E-state index contributed by atoms with van der Waals surface area (Å²) in [6.45, 7) is 4.69. The lowest BCUT2D eigenvalue weighted by atomic mass is 9.89. The molecule has 1 aliphatic heterocycles. The Morgan fingerprint density at radius 2 is 1.86 bits per heavy atom. The zero-order valence-electron chi connectivity index (χ0n) is 15.8. The van der Waals surface area contributed by atoms with Crippen LogP contribution in [0.2, 0.25) is 10.0 Å². The molecular weight excluding hydrogens is 415 g/mol. The van der Waals surface area contributed by atoms with E-state index in [2.05, 4.69) is 23.7 Å². The van der Waals surface area contributed by atoms with Crippen molar-refractivity contribution >= 4 is 35.0 Å². The SMILES string of the molecule is CC(C)C1C(CO)=C(CO)N(Cc2cccnc2)C1Sc1cc(Cl)cc(Cl)c1. The molecule has 2 N–H and O–H groups in total. The number of hydrogen-bond acceptors (Lipinski definition) is 5. The van der Waals surface area contributed by atoms with E-state index in [0.29, 0.717) is 16.6 Å². The first-order valence-corrected chi connectivity index (χ1v) is 10.8. The second-order valence-electron chi connectivity index (χ2n) is 7.16. The fourth-order valence-corrected chi connectivity index (χ4v) is 6.04. The van der Waals surface area contributed by atoms with E-state index in [-0.39, 0.29) is 30.4 Å². The van der Waals surface area contributed by atoms with E-state index < -0.39 is 0 Å². The zero-order chi connectivity index (χ0) is 20.3. The monoisotopic (exact) mass is 438 g/mol. The molecule has 2 unspecified atom stereocenters. The molecule has 0 amide bonds. The van der Waals surface area contributed by atoms with Gasteiger partial charge in [0.2, 0.25) is 0 Å². The number of pyridine rings is 1. The van der Waals surface area contributed by atoms with Crippen molar-refractivity contribution in [2.24, 2.45) is 11.8 Å². The van der Waals surface area contributed by atoms with Gasteiger partial charge in [-0.1, -0.05) is 43.1 Å². The number of aliphatic hydroxyl groups is 2. The number of rotatable bonds is 7. The molecule has 1 aromatic carbocycles. The van der Waals surface area contributed by atoms with Crippen LogP contribution in [0.4, 0.5) is 0 Å². The lowest BCUT2D eigenvalue weighted by Crippen LogP contribution is -2.34. The van der Waals surface area contributed by atoms with E-state index in [4.69, 9.17) is 23.2 Å². The lowest BCUT2D eigenvalue weighted by Gasteiger charge is -2.33. The van der Waals surface area contributed by atoms with Gasteiger partial charge in [0.25, 0.3) is 0 Å². The summed E-state index contributed by atoms with van der Waals surface area (Å²) in [5.41, 5.74) is 2.73. The van der Waals surface area contributed by atoms with Crippen LogP contribution in [0.1, 0.15) is 19.4 Å². The second kappa shape index (κ2) is 9.51. The second-order valence-corrected chi connectivity index (χ2v) is 9.22. The van der Waals surface area contributed by atoms with E-state index in [9.17, 15) is 10.2 Å².